The van der Waals surface area contributed by atoms with Gasteiger partial charge in [-0.2, -0.15) is 5.10 Å². The Hall–Kier alpha value is -1.33. The minimum absolute atomic E-state index is 0.0304. The lowest BCUT2D eigenvalue weighted by Crippen LogP contribution is -2.18. The van der Waals surface area contributed by atoms with Crippen molar-refractivity contribution in [1.82, 2.24) is 10.4 Å². The van der Waals surface area contributed by atoms with Crippen LogP contribution in [0.15, 0.2) is 35.6 Å². The predicted octanol–water partition coefficient (Wildman–Crippen LogP) is 4.46. The quantitative estimate of drug-likeness (QED) is 0.498. The van der Waals surface area contributed by atoms with Crippen molar-refractivity contribution in [2.24, 2.45) is 5.10 Å². The van der Waals surface area contributed by atoms with Crippen molar-refractivity contribution in [3.8, 4) is 0 Å². The Morgan fingerprint density at radius 2 is 1.86 bits per heavy atom. The van der Waals surface area contributed by atoms with Gasteiger partial charge in [0.05, 0.1) is 26.8 Å². The number of halogens is 4. The summed E-state index contributed by atoms with van der Waals surface area (Å²) < 4.78 is 0. The van der Waals surface area contributed by atoms with Crippen molar-refractivity contribution in [2.45, 2.75) is 0 Å². The van der Waals surface area contributed by atoms with Gasteiger partial charge in [-0.25, -0.2) is 10.4 Å². The van der Waals surface area contributed by atoms with Gasteiger partial charge >= 0.3 is 0 Å². The van der Waals surface area contributed by atoms with E-state index in [1.165, 1.54) is 18.5 Å². The second kappa shape index (κ2) is 7.09. The van der Waals surface area contributed by atoms with Gasteiger partial charge in [0.2, 0.25) is 0 Å². The lowest BCUT2D eigenvalue weighted by Gasteiger charge is -2.03. The van der Waals surface area contributed by atoms with E-state index in [1.807, 2.05) is 0 Å². The van der Waals surface area contributed by atoms with Crippen LogP contribution in [0, 0.1) is 0 Å². The van der Waals surface area contributed by atoms with Gasteiger partial charge in [-0.15, -0.1) is 0 Å². The van der Waals surface area contributed by atoms with Gasteiger partial charge in [0, 0.05) is 11.8 Å². The van der Waals surface area contributed by atoms with E-state index >= 15 is 0 Å². The summed E-state index contributed by atoms with van der Waals surface area (Å²) >= 11 is 23.5. The van der Waals surface area contributed by atoms with Crippen LogP contribution in [-0.2, 0) is 0 Å². The topological polar surface area (TPSA) is 54.4 Å². The molecule has 0 atom stereocenters. The first-order chi connectivity index (χ1) is 9.99. The van der Waals surface area contributed by atoms with Gasteiger partial charge in [0.15, 0.2) is 0 Å². The highest BCUT2D eigenvalue weighted by Gasteiger charge is 2.11. The number of rotatable bonds is 3. The molecule has 0 aliphatic carbocycles. The number of carbonyl (C=O) groups is 1. The Balaban J connectivity index is 2.14. The molecule has 8 heteroatoms. The highest BCUT2D eigenvalue weighted by Crippen LogP contribution is 2.22. The summed E-state index contributed by atoms with van der Waals surface area (Å²) in [5, 5.41) is 4.95. The number of pyridine rings is 1. The van der Waals surface area contributed by atoms with Gasteiger partial charge in [0.25, 0.3) is 5.91 Å². The fourth-order valence-electron chi connectivity index (χ4n) is 1.43. The van der Waals surface area contributed by atoms with Crippen molar-refractivity contribution in [1.29, 1.82) is 0 Å². The van der Waals surface area contributed by atoms with E-state index in [0.717, 1.165) is 0 Å². The zero-order valence-electron chi connectivity index (χ0n) is 10.3. The van der Waals surface area contributed by atoms with Crippen molar-refractivity contribution in [2.75, 3.05) is 0 Å². The maximum absolute atomic E-state index is 11.9. The van der Waals surface area contributed by atoms with Gasteiger partial charge in [-0.3, -0.25) is 4.79 Å². The summed E-state index contributed by atoms with van der Waals surface area (Å²) in [6.07, 6.45) is 2.68. The first-order valence-corrected chi connectivity index (χ1v) is 7.08. The van der Waals surface area contributed by atoms with Gasteiger partial charge < -0.3 is 0 Å². The molecule has 1 amide bonds. The molecule has 1 N–H and O–H groups in total. The minimum atomic E-state index is -0.547. The van der Waals surface area contributed by atoms with Crippen LogP contribution >= 0.6 is 46.4 Å². The molecule has 1 aromatic carbocycles. The van der Waals surface area contributed by atoms with Crippen LogP contribution in [0.3, 0.4) is 0 Å². The Bertz CT molecular complexity index is 698. The van der Waals surface area contributed by atoms with E-state index in [9.17, 15) is 4.79 Å². The van der Waals surface area contributed by atoms with E-state index in [0.29, 0.717) is 20.6 Å². The molecule has 0 aliphatic heterocycles. The highest BCUT2D eigenvalue weighted by molar-refractivity contribution is 6.38. The monoisotopic (exact) mass is 361 g/mol. The molecule has 0 saturated heterocycles. The Kier molecular flexibility index (Phi) is 5.42. The fraction of sp³-hybridized carbons (Fsp3) is 0. The lowest BCUT2D eigenvalue weighted by atomic mass is 10.2. The molecule has 0 fully saturated rings. The van der Waals surface area contributed by atoms with Gasteiger partial charge in [-0.05, 0) is 18.2 Å². The molecular weight excluding hydrogens is 356 g/mol. The van der Waals surface area contributed by atoms with E-state index in [4.69, 9.17) is 46.4 Å². The van der Waals surface area contributed by atoms with E-state index in [-0.39, 0.29) is 10.7 Å². The summed E-state index contributed by atoms with van der Waals surface area (Å²) in [6.45, 7) is 0. The third-order valence-corrected chi connectivity index (χ3v) is 3.58. The number of nitrogens with one attached hydrogen (secondary N) is 1. The molecular formula is C13H7Cl4N3O. The van der Waals surface area contributed by atoms with E-state index < -0.39 is 5.91 Å². The summed E-state index contributed by atoms with van der Waals surface area (Å²) in [6, 6.07) is 6.42. The molecule has 21 heavy (non-hydrogen) atoms. The summed E-state index contributed by atoms with van der Waals surface area (Å²) in [4.78, 5) is 15.7. The molecule has 0 aliphatic rings. The Labute approximate surface area is 140 Å². The van der Waals surface area contributed by atoms with Gasteiger partial charge in [0.1, 0.15) is 5.15 Å². The van der Waals surface area contributed by atoms with Crippen LogP contribution in [0.4, 0.5) is 0 Å². The molecule has 108 valence electrons. The lowest BCUT2D eigenvalue weighted by molar-refractivity contribution is 0.0955. The molecule has 2 aromatic rings. The first-order valence-electron chi connectivity index (χ1n) is 5.57. The molecule has 4 nitrogen and oxygen atoms in total. The third-order valence-electron chi connectivity index (χ3n) is 2.41. The normalized spacial score (nSPS) is 10.9. The van der Waals surface area contributed by atoms with Crippen LogP contribution in [0.25, 0.3) is 0 Å². The van der Waals surface area contributed by atoms with Crippen LogP contribution in [0.1, 0.15) is 15.9 Å². The number of carbonyl (C=O) groups excluding carboxylic acids is 1. The smallest absolute Gasteiger partial charge is 0.267 e. The largest absolute Gasteiger partial charge is 0.274 e. The molecule has 0 bridgehead atoms. The predicted molar refractivity (Wildman–Crippen MR) is 85.8 cm³/mol. The molecule has 2 rings (SSSR count). The molecule has 0 saturated carbocycles. The molecule has 1 heterocycles. The first kappa shape index (κ1) is 16.0. The van der Waals surface area contributed by atoms with E-state index in [2.05, 4.69) is 15.5 Å². The summed E-state index contributed by atoms with van der Waals surface area (Å²) in [5.41, 5.74) is 2.91. The molecule has 0 radical (unpaired) electrons. The van der Waals surface area contributed by atoms with Crippen molar-refractivity contribution in [3.63, 3.8) is 0 Å². The number of hydrogen-bond donors (Lipinski definition) is 1. The summed E-state index contributed by atoms with van der Waals surface area (Å²) in [5.74, 6) is -0.547. The number of hydrazone groups is 1. The average molecular weight is 363 g/mol. The Morgan fingerprint density at radius 1 is 1.19 bits per heavy atom. The van der Waals surface area contributed by atoms with Crippen molar-refractivity contribution < 1.29 is 4.79 Å². The average Bonchev–Trinajstić information content (AvgIpc) is 2.44. The third kappa shape index (κ3) is 4.08. The van der Waals surface area contributed by atoms with Crippen LogP contribution in [0.2, 0.25) is 20.2 Å². The van der Waals surface area contributed by atoms with Crippen LogP contribution in [0.5, 0.6) is 0 Å². The second-order valence-electron chi connectivity index (χ2n) is 3.83. The number of hydrogen-bond acceptors (Lipinski definition) is 3. The maximum Gasteiger partial charge on any atom is 0.274 e. The fourth-order valence-corrected chi connectivity index (χ4v) is 2.27. The molecule has 1 aromatic heterocycles. The number of aromatic nitrogens is 1. The summed E-state index contributed by atoms with van der Waals surface area (Å²) in [7, 11) is 0. The minimum Gasteiger partial charge on any atom is -0.267 e. The second-order valence-corrected chi connectivity index (χ2v) is 5.44. The van der Waals surface area contributed by atoms with Crippen molar-refractivity contribution >= 4 is 58.5 Å². The number of amides is 1. The number of nitrogens with zero attached hydrogens (tertiary/aromatic N) is 2. The SMILES string of the molecule is O=C(N/N=C\c1c(Cl)cccc1Cl)c1cc(Cl)cnc1Cl. The number of benzene rings is 1. The zero-order chi connectivity index (χ0) is 15.4. The van der Waals surface area contributed by atoms with Crippen molar-refractivity contribution in [3.05, 3.63) is 61.8 Å². The standard InChI is InChI=1S/C13H7Cl4N3O/c14-7-4-8(12(17)18-5-7)13(21)20-19-6-9-10(15)2-1-3-11(9)16/h1-6H,(H,20,21)/b19-6-. The highest BCUT2D eigenvalue weighted by atomic mass is 35.5. The van der Waals surface area contributed by atoms with Crippen LogP contribution < -0.4 is 5.43 Å². The van der Waals surface area contributed by atoms with E-state index in [1.54, 1.807) is 18.2 Å². The Morgan fingerprint density at radius 3 is 2.52 bits per heavy atom. The zero-order valence-corrected chi connectivity index (χ0v) is 13.3. The maximum atomic E-state index is 11.9. The molecule has 0 unspecified atom stereocenters. The van der Waals surface area contributed by atoms with Gasteiger partial charge in [-0.1, -0.05) is 52.5 Å². The molecule has 0 spiro atoms. The van der Waals surface area contributed by atoms with Crippen LogP contribution in [-0.4, -0.2) is 17.1 Å².